The van der Waals surface area contributed by atoms with Gasteiger partial charge in [-0.1, -0.05) is 36.4 Å². The van der Waals surface area contributed by atoms with Crippen LogP contribution in [0, 0.1) is 13.8 Å². The van der Waals surface area contributed by atoms with Crippen molar-refractivity contribution in [2.75, 3.05) is 5.32 Å². The standard InChI is InChI=1S/C20H20N2OS2/c1-14-7-3-5-9-17(14)22-19(23)11-20-21-16(13-25-20)12-24-18-10-6-4-8-15(18)2/h3-10,13H,11-12H2,1-2H3,(H,22,23). The molecule has 3 nitrogen and oxygen atoms in total. The number of aryl methyl sites for hydroxylation is 2. The van der Waals surface area contributed by atoms with Gasteiger partial charge in [0.15, 0.2) is 0 Å². The molecule has 1 aromatic heterocycles. The summed E-state index contributed by atoms with van der Waals surface area (Å²) in [6, 6.07) is 16.1. The fraction of sp³-hybridized carbons (Fsp3) is 0.200. The third-order valence-electron chi connectivity index (χ3n) is 3.80. The SMILES string of the molecule is Cc1ccccc1NC(=O)Cc1nc(CSc2ccccc2C)cs1. The summed E-state index contributed by atoms with van der Waals surface area (Å²) in [4.78, 5) is 18.1. The lowest BCUT2D eigenvalue weighted by atomic mass is 10.2. The molecule has 0 aliphatic carbocycles. The van der Waals surface area contributed by atoms with Gasteiger partial charge in [0.25, 0.3) is 0 Å². The van der Waals surface area contributed by atoms with Crippen LogP contribution in [0.15, 0.2) is 58.8 Å². The number of hydrogen-bond donors (Lipinski definition) is 1. The Morgan fingerprint density at radius 2 is 1.80 bits per heavy atom. The second-order valence-corrected chi connectivity index (χ2v) is 7.79. The summed E-state index contributed by atoms with van der Waals surface area (Å²) in [6.45, 7) is 4.10. The van der Waals surface area contributed by atoms with Crippen LogP contribution >= 0.6 is 23.1 Å². The molecule has 0 spiro atoms. The quantitative estimate of drug-likeness (QED) is 0.606. The van der Waals surface area contributed by atoms with E-state index in [2.05, 4.69) is 35.4 Å². The fourth-order valence-corrected chi connectivity index (χ4v) is 4.23. The number of nitrogens with one attached hydrogen (secondary N) is 1. The van der Waals surface area contributed by atoms with E-state index < -0.39 is 0 Å². The summed E-state index contributed by atoms with van der Waals surface area (Å²) in [5.74, 6) is 0.794. The molecule has 3 rings (SSSR count). The predicted octanol–water partition coefficient (Wildman–Crippen LogP) is 5.23. The molecule has 1 N–H and O–H groups in total. The van der Waals surface area contributed by atoms with Gasteiger partial charge in [-0.3, -0.25) is 4.79 Å². The van der Waals surface area contributed by atoms with Crippen molar-refractivity contribution in [1.82, 2.24) is 4.98 Å². The Kier molecular flexibility index (Phi) is 5.89. The van der Waals surface area contributed by atoms with E-state index in [-0.39, 0.29) is 5.91 Å². The highest BCUT2D eigenvalue weighted by atomic mass is 32.2. The highest BCUT2D eigenvalue weighted by Gasteiger charge is 2.10. The predicted molar refractivity (Wildman–Crippen MR) is 106 cm³/mol. The summed E-state index contributed by atoms with van der Waals surface area (Å²) in [6.07, 6.45) is 0.314. The third kappa shape index (κ3) is 4.94. The van der Waals surface area contributed by atoms with Gasteiger partial charge in [0.2, 0.25) is 5.91 Å². The van der Waals surface area contributed by atoms with E-state index in [1.165, 1.54) is 10.5 Å². The zero-order valence-corrected chi connectivity index (χ0v) is 15.9. The van der Waals surface area contributed by atoms with Crippen molar-refractivity contribution in [2.45, 2.75) is 30.9 Å². The zero-order valence-electron chi connectivity index (χ0n) is 14.3. The van der Waals surface area contributed by atoms with Gasteiger partial charge in [0, 0.05) is 21.7 Å². The van der Waals surface area contributed by atoms with Crippen molar-refractivity contribution in [2.24, 2.45) is 0 Å². The van der Waals surface area contributed by atoms with Crippen LogP contribution < -0.4 is 5.32 Å². The average molecular weight is 369 g/mol. The van der Waals surface area contributed by atoms with Crippen LogP contribution in [0.5, 0.6) is 0 Å². The Bertz CT molecular complexity index is 873. The van der Waals surface area contributed by atoms with E-state index in [4.69, 9.17) is 0 Å². The van der Waals surface area contributed by atoms with Gasteiger partial charge in [-0.2, -0.15) is 0 Å². The molecular formula is C20H20N2OS2. The second kappa shape index (κ2) is 8.32. The minimum Gasteiger partial charge on any atom is -0.325 e. The lowest BCUT2D eigenvalue weighted by molar-refractivity contribution is -0.115. The molecule has 5 heteroatoms. The number of thiazole rings is 1. The topological polar surface area (TPSA) is 42.0 Å². The van der Waals surface area contributed by atoms with Crippen molar-refractivity contribution in [3.8, 4) is 0 Å². The molecule has 1 amide bonds. The zero-order chi connectivity index (χ0) is 17.6. The van der Waals surface area contributed by atoms with E-state index >= 15 is 0 Å². The molecule has 128 valence electrons. The normalized spacial score (nSPS) is 10.6. The number of nitrogens with zero attached hydrogens (tertiary/aromatic N) is 1. The molecule has 0 radical (unpaired) electrons. The maximum absolute atomic E-state index is 12.2. The molecular weight excluding hydrogens is 348 g/mol. The molecule has 0 atom stereocenters. The van der Waals surface area contributed by atoms with Crippen LogP contribution in [0.3, 0.4) is 0 Å². The summed E-state index contributed by atoms with van der Waals surface area (Å²) in [5.41, 5.74) is 4.22. The summed E-state index contributed by atoms with van der Waals surface area (Å²) in [7, 11) is 0. The molecule has 0 aliphatic heterocycles. The molecule has 0 bridgehead atoms. The van der Waals surface area contributed by atoms with Crippen LogP contribution in [-0.2, 0) is 17.0 Å². The number of thioether (sulfide) groups is 1. The Morgan fingerprint density at radius 3 is 2.56 bits per heavy atom. The second-order valence-electron chi connectivity index (χ2n) is 5.83. The minimum atomic E-state index is -0.0262. The smallest absolute Gasteiger partial charge is 0.231 e. The molecule has 25 heavy (non-hydrogen) atoms. The Hall–Kier alpha value is -2.11. The fourth-order valence-electron chi connectivity index (χ4n) is 2.41. The molecule has 0 aliphatic rings. The van der Waals surface area contributed by atoms with Crippen molar-refractivity contribution in [3.63, 3.8) is 0 Å². The lowest BCUT2D eigenvalue weighted by Crippen LogP contribution is -2.15. The first-order chi connectivity index (χ1) is 12.1. The van der Waals surface area contributed by atoms with Gasteiger partial charge < -0.3 is 5.32 Å². The van der Waals surface area contributed by atoms with Crippen LogP contribution in [0.2, 0.25) is 0 Å². The Balaban J connectivity index is 1.55. The van der Waals surface area contributed by atoms with Gasteiger partial charge in [-0.25, -0.2) is 4.98 Å². The Labute approximate surface area is 156 Å². The number of rotatable bonds is 6. The number of amides is 1. The van der Waals surface area contributed by atoms with Crippen molar-refractivity contribution in [3.05, 3.63) is 75.7 Å². The largest absolute Gasteiger partial charge is 0.325 e. The molecule has 0 saturated heterocycles. The summed E-state index contributed by atoms with van der Waals surface area (Å²) >= 11 is 3.33. The van der Waals surface area contributed by atoms with Gasteiger partial charge in [-0.15, -0.1) is 23.1 Å². The number of benzene rings is 2. The first-order valence-corrected chi connectivity index (χ1v) is 9.95. The van der Waals surface area contributed by atoms with Crippen LogP contribution in [0.25, 0.3) is 0 Å². The van der Waals surface area contributed by atoms with Crippen LogP contribution in [0.1, 0.15) is 21.8 Å². The highest BCUT2D eigenvalue weighted by Crippen LogP contribution is 2.26. The van der Waals surface area contributed by atoms with Gasteiger partial charge in [0.1, 0.15) is 5.01 Å². The number of aromatic nitrogens is 1. The maximum Gasteiger partial charge on any atom is 0.231 e. The van der Waals surface area contributed by atoms with Crippen molar-refractivity contribution in [1.29, 1.82) is 0 Å². The first-order valence-electron chi connectivity index (χ1n) is 8.09. The van der Waals surface area contributed by atoms with E-state index in [1.807, 2.05) is 42.6 Å². The summed E-state index contributed by atoms with van der Waals surface area (Å²) < 4.78 is 0. The molecule has 0 unspecified atom stereocenters. The first kappa shape index (κ1) is 17.7. The number of para-hydroxylation sites is 1. The van der Waals surface area contributed by atoms with E-state index in [0.717, 1.165) is 27.7 Å². The van der Waals surface area contributed by atoms with Gasteiger partial charge in [-0.05, 0) is 37.1 Å². The lowest BCUT2D eigenvalue weighted by Gasteiger charge is -2.06. The van der Waals surface area contributed by atoms with Crippen molar-refractivity contribution >= 4 is 34.7 Å². The Morgan fingerprint density at radius 1 is 1.08 bits per heavy atom. The minimum absolute atomic E-state index is 0.0262. The average Bonchev–Trinajstić information content (AvgIpc) is 3.03. The highest BCUT2D eigenvalue weighted by molar-refractivity contribution is 7.98. The maximum atomic E-state index is 12.2. The number of anilines is 1. The summed E-state index contributed by atoms with van der Waals surface area (Å²) in [5, 5.41) is 5.85. The van der Waals surface area contributed by atoms with Gasteiger partial charge >= 0.3 is 0 Å². The van der Waals surface area contributed by atoms with E-state index in [0.29, 0.717) is 6.42 Å². The van der Waals surface area contributed by atoms with E-state index in [1.54, 1.807) is 23.1 Å². The third-order valence-corrected chi connectivity index (χ3v) is 5.91. The number of carbonyl (C=O) groups excluding carboxylic acids is 1. The number of carbonyl (C=O) groups is 1. The van der Waals surface area contributed by atoms with Crippen LogP contribution in [0.4, 0.5) is 5.69 Å². The monoisotopic (exact) mass is 368 g/mol. The van der Waals surface area contributed by atoms with Crippen molar-refractivity contribution < 1.29 is 4.79 Å². The van der Waals surface area contributed by atoms with E-state index in [9.17, 15) is 4.79 Å². The molecule has 2 aromatic carbocycles. The van der Waals surface area contributed by atoms with Gasteiger partial charge in [0.05, 0.1) is 12.1 Å². The number of hydrogen-bond acceptors (Lipinski definition) is 4. The molecule has 1 heterocycles. The molecule has 0 fully saturated rings. The molecule has 3 aromatic rings. The molecule has 0 saturated carbocycles. The van der Waals surface area contributed by atoms with Crippen LogP contribution in [-0.4, -0.2) is 10.9 Å².